The predicted molar refractivity (Wildman–Crippen MR) is 164 cm³/mol. The van der Waals surface area contributed by atoms with E-state index in [-0.39, 0.29) is 0 Å². The van der Waals surface area contributed by atoms with Crippen LogP contribution in [0.15, 0.2) is 48.5 Å². The third-order valence-electron chi connectivity index (χ3n) is 8.31. The quantitative estimate of drug-likeness (QED) is 0.194. The molecule has 2 saturated carbocycles. The van der Waals surface area contributed by atoms with Crippen molar-refractivity contribution in [2.75, 3.05) is 0 Å². The lowest BCUT2D eigenvalue weighted by atomic mass is 9.86. The van der Waals surface area contributed by atoms with Crippen molar-refractivity contribution in [3.63, 3.8) is 0 Å². The Kier molecular flexibility index (Phi) is 8.44. The van der Waals surface area contributed by atoms with Crippen molar-refractivity contribution in [2.45, 2.75) is 89.9 Å². The first-order valence-electron chi connectivity index (χ1n) is 14.2. The van der Waals surface area contributed by atoms with Gasteiger partial charge in [0.05, 0.1) is 0 Å². The van der Waals surface area contributed by atoms with E-state index in [9.17, 15) is 0 Å². The number of rotatable bonds is 9. The van der Waals surface area contributed by atoms with Gasteiger partial charge in [-0.3, -0.25) is 0 Å². The van der Waals surface area contributed by atoms with Gasteiger partial charge in [0, 0.05) is 39.0 Å². The molecule has 0 unspecified atom stereocenters. The molecule has 0 spiro atoms. The van der Waals surface area contributed by atoms with Crippen molar-refractivity contribution in [1.29, 1.82) is 0 Å². The Morgan fingerprint density at radius 3 is 1.14 bits per heavy atom. The van der Waals surface area contributed by atoms with E-state index in [0.29, 0.717) is 0 Å². The van der Waals surface area contributed by atoms with E-state index in [4.69, 9.17) is 0 Å². The summed E-state index contributed by atoms with van der Waals surface area (Å²) in [6, 6.07) is 18.8. The summed E-state index contributed by atoms with van der Waals surface area (Å²) < 4.78 is 0. The van der Waals surface area contributed by atoms with E-state index in [0.717, 1.165) is 11.8 Å². The van der Waals surface area contributed by atoms with Gasteiger partial charge in [-0.05, 0) is 86.1 Å². The van der Waals surface area contributed by atoms with Gasteiger partial charge in [-0.25, -0.2) is 0 Å². The molecular formula is C32H38S4. The molecule has 36 heavy (non-hydrogen) atoms. The Labute approximate surface area is 233 Å². The summed E-state index contributed by atoms with van der Waals surface area (Å²) >= 11 is 7.96. The minimum absolute atomic E-state index is 0.974. The van der Waals surface area contributed by atoms with Crippen molar-refractivity contribution in [3.8, 4) is 29.3 Å². The molecular weight excluding hydrogens is 513 g/mol. The largest absolute Gasteiger partial charge is 0.139 e. The molecule has 0 amide bonds. The van der Waals surface area contributed by atoms with E-state index in [1.807, 2.05) is 45.3 Å². The highest BCUT2D eigenvalue weighted by Gasteiger charge is 2.16. The summed E-state index contributed by atoms with van der Waals surface area (Å²) in [4.78, 5) is 11.7. The molecule has 0 nitrogen and oxygen atoms in total. The highest BCUT2D eigenvalue weighted by Crippen LogP contribution is 2.43. The van der Waals surface area contributed by atoms with Crippen molar-refractivity contribution in [3.05, 3.63) is 58.3 Å². The summed E-state index contributed by atoms with van der Waals surface area (Å²) in [6.45, 7) is 0. The first kappa shape index (κ1) is 25.1. The van der Waals surface area contributed by atoms with Crippen LogP contribution in [0.4, 0.5) is 0 Å². The molecule has 0 atom stereocenters. The highest BCUT2D eigenvalue weighted by atomic mass is 32.1. The maximum Gasteiger partial charge on any atom is 0.0449 e. The van der Waals surface area contributed by atoms with Crippen LogP contribution >= 0.6 is 45.3 Å². The third kappa shape index (κ3) is 6.26. The maximum atomic E-state index is 2.38. The number of aryl methyl sites for hydroxylation is 2. The fourth-order valence-electron chi connectivity index (χ4n) is 6.14. The van der Waals surface area contributed by atoms with Gasteiger partial charge in [0.2, 0.25) is 0 Å². The molecule has 2 fully saturated rings. The lowest BCUT2D eigenvalue weighted by molar-refractivity contribution is 0.340. The molecule has 0 aromatic carbocycles. The monoisotopic (exact) mass is 550 g/mol. The van der Waals surface area contributed by atoms with Crippen LogP contribution in [0.1, 0.15) is 86.8 Å². The van der Waals surface area contributed by atoms with Gasteiger partial charge in [-0.15, -0.1) is 45.3 Å². The van der Waals surface area contributed by atoms with E-state index in [1.165, 1.54) is 119 Å². The fraction of sp³-hybridized carbons (Fsp3) is 0.500. The zero-order chi connectivity index (χ0) is 24.2. The molecule has 0 radical (unpaired) electrons. The van der Waals surface area contributed by atoms with Gasteiger partial charge in [0.1, 0.15) is 0 Å². The predicted octanol–water partition coefficient (Wildman–Crippen LogP) is 12.0. The van der Waals surface area contributed by atoms with Crippen LogP contribution in [0.2, 0.25) is 0 Å². The van der Waals surface area contributed by atoms with Crippen LogP contribution in [0, 0.1) is 11.8 Å². The average Bonchev–Trinajstić information content (AvgIpc) is 3.73. The molecule has 4 aromatic rings. The number of hydrogen-bond donors (Lipinski definition) is 0. The molecule has 0 saturated heterocycles. The van der Waals surface area contributed by atoms with E-state index >= 15 is 0 Å². The van der Waals surface area contributed by atoms with E-state index < -0.39 is 0 Å². The fourth-order valence-corrected chi connectivity index (χ4v) is 10.5. The second-order valence-electron chi connectivity index (χ2n) is 10.9. The average molecular weight is 551 g/mol. The minimum Gasteiger partial charge on any atom is -0.139 e. The zero-order valence-corrected chi connectivity index (χ0v) is 24.6. The Morgan fingerprint density at radius 2 is 0.750 bits per heavy atom. The summed E-state index contributed by atoms with van der Waals surface area (Å²) in [5.41, 5.74) is 0. The van der Waals surface area contributed by atoms with Crippen molar-refractivity contribution >= 4 is 45.3 Å². The molecule has 6 rings (SSSR count). The van der Waals surface area contributed by atoms with Gasteiger partial charge in [0.25, 0.3) is 0 Å². The van der Waals surface area contributed by atoms with Crippen molar-refractivity contribution in [1.82, 2.24) is 0 Å². The van der Waals surface area contributed by atoms with Crippen LogP contribution in [0.5, 0.6) is 0 Å². The maximum absolute atomic E-state index is 2.38. The van der Waals surface area contributed by atoms with Crippen molar-refractivity contribution in [2.24, 2.45) is 11.8 Å². The first-order valence-corrected chi connectivity index (χ1v) is 17.4. The summed E-state index contributed by atoms with van der Waals surface area (Å²) in [5.74, 6) is 1.95. The molecule has 4 heterocycles. The van der Waals surface area contributed by atoms with Crippen molar-refractivity contribution < 1.29 is 0 Å². The molecule has 190 valence electrons. The van der Waals surface area contributed by atoms with E-state index in [1.54, 1.807) is 9.75 Å². The van der Waals surface area contributed by atoms with E-state index in [2.05, 4.69) is 48.5 Å². The van der Waals surface area contributed by atoms with Crippen LogP contribution < -0.4 is 0 Å². The van der Waals surface area contributed by atoms with Crippen LogP contribution in [0.25, 0.3) is 29.3 Å². The van der Waals surface area contributed by atoms with Crippen LogP contribution in [-0.2, 0) is 12.8 Å². The number of thiophene rings is 4. The molecule has 4 aromatic heterocycles. The highest BCUT2D eigenvalue weighted by molar-refractivity contribution is 7.28. The summed E-state index contributed by atoms with van der Waals surface area (Å²) in [6.07, 6.45) is 19.9. The first-order chi connectivity index (χ1) is 17.8. The van der Waals surface area contributed by atoms with Crippen LogP contribution in [0.3, 0.4) is 0 Å². The lowest BCUT2D eigenvalue weighted by Crippen LogP contribution is -2.06. The minimum atomic E-state index is 0.974. The third-order valence-corrected chi connectivity index (χ3v) is 13.4. The smallest absolute Gasteiger partial charge is 0.0449 e. The van der Waals surface area contributed by atoms with Gasteiger partial charge in [-0.1, -0.05) is 64.2 Å². The van der Waals surface area contributed by atoms with Gasteiger partial charge in [-0.2, -0.15) is 0 Å². The molecule has 2 aliphatic carbocycles. The summed E-state index contributed by atoms with van der Waals surface area (Å²) in [7, 11) is 0. The topological polar surface area (TPSA) is 0 Å². The molecule has 2 aliphatic rings. The van der Waals surface area contributed by atoms with Gasteiger partial charge in [0.15, 0.2) is 0 Å². The Bertz CT molecular complexity index is 1130. The van der Waals surface area contributed by atoms with Crippen LogP contribution in [-0.4, -0.2) is 0 Å². The Hall–Kier alpha value is -1.20. The molecule has 0 aliphatic heterocycles. The van der Waals surface area contributed by atoms with Gasteiger partial charge < -0.3 is 0 Å². The normalized spacial score (nSPS) is 17.7. The molecule has 0 bridgehead atoms. The Morgan fingerprint density at radius 1 is 0.417 bits per heavy atom. The van der Waals surface area contributed by atoms with Gasteiger partial charge >= 0.3 is 0 Å². The second-order valence-corrected chi connectivity index (χ2v) is 15.4. The molecule has 0 N–H and O–H groups in total. The zero-order valence-electron chi connectivity index (χ0n) is 21.3. The second kappa shape index (κ2) is 12.1. The SMILES string of the molecule is c1cc(-c2ccc(-c3ccc(-c4ccc(CCC5CCCCC5)s4)s3)s2)sc1CCC1CCCCC1. The molecule has 4 heteroatoms. The Balaban J connectivity index is 1.06. The summed E-state index contributed by atoms with van der Waals surface area (Å²) in [5, 5.41) is 0. The standard InChI is InChI=1S/C32H38S4/c1-3-7-23(8-4-1)11-13-25-15-17-27(33-25)29-19-21-31(35-29)32-22-20-30(36-32)28-18-16-26(34-28)14-12-24-9-5-2-6-10-24/h15-24H,1-14H2. The number of hydrogen-bond acceptors (Lipinski definition) is 4. The lowest BCUT2D eigenvalue weighted by Gasteiger charge is -2.20.